The maximum atomic E-state index is 3.82. The molecule has 2 aromatic rings. The van der Waals surface area contributed by atoms with Crippen LogP contribution in [0.2, 0.25) is 0 Å². The van der Waals surface area contributed by atoms with Gasteiger partial charge in [-0.05, 0) is 37.5 Å². The highest BCUT2D eigenvalue weighted by Gasteiger charge is 2.18. The van der Waals surface area contributed by atoms with Crippen LogP contribution in [-0.4, -0.2) is 25.5 Å². The van der Waals surface area contributed by atoms with Crippen molar-refractivity contribution < 1.29 is 0 Å². The number of benzene rings is 1. The molecule has 2 rings (SSSR count). The highest BCUT2D eigenvalue weighted by atomic mass is 32.1. The first-order valence-electron chi connectivity index (χ1n) is 7.19. The van der Waals surface area contributed by atoms with Crippen LogP contribution < -0.4 is 5.32 Å². The largest absolute Gasteiger partial charge is 0.308 e. The second-order valence-corrected chi connectivity index (χ2v) is 6.35. The molecule has 0 aliphatic carbocycles. The lowest BCUT2D eigenvalue weighted by molar-refractivity contribution is 0.318. The van der Waals surface area contributed by atoms with Gasteiger partial charge in [0.2, 0.25) is 0 Å². The lowest BCUT2D eigenvalue weighted by Crippen LogP contribution is -2.33. The van der Waals surface area contributed by atoms with Crippen molar-refractivity contribution in [3.8, 4) is 0 Å². The zero-order valence-corrected chi connectivity index (χ0v) is 13.4. The van der Waals surface area contributed by atoms with Gasteiger partial charge in [0.1, 0.15) is 0 Å². The highest BCUT2D eigenvalue weighted by Crippen LogP contribution is 2.25. The Bertz CT molecular complexity index is 479. The van der Waals surface area contributed by atoms with E-state index in [4.69, 9.17) is 0 Å². The van der Waals surface area contributed by atoms with Crippen LogP contribution in [0.5, 0.6) is 0 Å². The van der Waals surface area contributed by atoms with Crippen molar-refractivity contribution in [1.82, 2.24) is 10.2 Å². The molecule has 20 heavy (non-hydrogen) atoms. The third-order valence-corrected chi connectivity index (χ3v) is 4.43. The first-order valence-corrected chi connectivity index (χ1v) is 8.07. The first kappa shape index (κ1) is 15.2. The summed E-state index contributed by atoms with van der Waals surface area (Å²) in [5.41, 5.74) is 1.36. The highest BCUT2D eigenvalue weighted by molar-refractivity contribution is 7.10. The van der Waals surface area contributed by atoms with Crippen molar-refractivity contribution in [3.05, 3.63) is 58.3 Å². The fourth-order valence-corrected chi connectivity index (χ4v) is 3.31. The number of rotatable bonds is 7. The minimum atomic E-state index is 0.359. The van der Waals surface area contributed by atoms with E-state index < -0.39 is 0 Å². The summed E-state index contributed by atoms with van der Waals surface area (Å²) in [5.74, 6) is 0. The fourth-order valence-electron chi connectivity index (χ4n) is 2.44. The van der Waals surface area contributed by atoms with Crippen LogP contribution in [0.3, 0.4) is 0 Å². The van der Waals surface area contributed by atoms with Gasteiger partial charge < -0.3 is 10.2 Å². The molecule has 0 bridgehead atoms. The van der Waals surface area contributed by atoms with Crippen molar-refractivity contribution in [1.29, 1.82) is 0 Å². The van der Waals surface area contributed by atoms with Crippen LogP contribution in [0.15, 0.2) is 47.8 Å². The van der Waals surface area contributed by atoms with Crippen LogP contribution in [0.1, 0.15) is 35.9 Å². The van der Waals surface area contributed by atoms with E-state index in [0.29, 0.717) is 12.1 Å². The van der Waals surface area contributed by atoms with E-state index in [0.717, 1.165) is 13.0 Å². The van der Waals surface area contributed by atoms with Crippen molar-refractivity contribution in [3.63, 3.8) is 0 Å². The molecule has 0 amide bonds. The molecule has 1 aromatic carbocycles. The third-order valence-electron chi connectivity index (χ3n) is 3.45. The van der Waals surface area contributed by atoms with E-state index in [1.165, 1.54) is 10.4 Å². The molecular weight excluding hydrogens is 264 g/mol. The Morgan fingerprint density at radius 1 is 1.05 bits per heavy atom. The lowest BCUT2D eigenvalue weighted by atomic mass is 10.0. The zero-order chi connectivity index (χ0) is 14.4. The topological polar surface area (TPSA) is 15.3 Å². The van der Waals surface area contributed by atoms with Gasteiger partial charge in [0, 0.05) is 23.5 Å². The number of nitrogens with zero attached hydrogens (tertiary/aromatic N) is 1. The molecule has 2 nitrogen and oxygen atoms in total. The number of hydrogen-bond donors (Lipinski definition) is 1. The Balaban J connectivity index is 2.15. The predicted molar refractivity (Wildman–Crippen MR) is 88.2 cm³/mol. The standard InChI is InChI=1S/C17H24N2S/c1-4-15(17-11-8-12-20-17)18-16(13-19(2)3)14-9-6-5-7-10-14/h5-12,15-16,18H,4,13H2,1-3H3. The van der Waals surface area contributed by atoms with Gasteiger partial charge in [0.15, 0.2) is 0 Å². The Hall–Kier alpha value is -1.16. The van der Waals surface area contributed by atoms with Gasteiger partial charge in [0.05, 0.1) is 0 Å². The molecule has 0 radical (unpaired) electrons. The first-order chi connectivity index (χ1) is 9.70. The van der Waals surface area contributed by atoms with E-state index in [-0.39, 0.29) is 0 Å². The van der Waals surface area contributed by atoms with Gasteiger partial charge in [-0.2, -0.15) is 0 Å². The molecule has 1 heterocycles. The van der Waals surface area contributed by atoms with Crippen molar-refractivity contribution >= 4 is 11.3 Å². The Kier molecular flexibility index (Phi) is 5.77. The number of nitrogens with one attached hydrogen (secondary N) is 1. The number of thiophene rings is 1. The molecule has 2 unspecified atom stereocenters. The summed E-state index contributed by atoms with van der Waals surface area (Å²) in [6.07, 6.45) is 1.11. The fraction of sp³-hybridized carbons (Fsp3) is 0.412. The van der Waals surface area contributed by atoms with Gasteiger partial charge in [-0.25, -0.2) is 0 Å². The molecule has 3 heteroatoms. The Morgan fingerprint density at radius 2 is 1.80 bits per heavy atom. The predicted octanol–water partition coefficient (Wildman–Crippen LogP) is 4.09. The van der Waals surface area contributed by atoms with Gasteiger partial charge in [0.25, 0.3) is 0 Å². The van der Waals surface area contributed by atoms with Gasteiger partial charge in [-0.15, -0.1) is 11.3 Å². The molecule has 0 aliphatic heterocycles. The number of likely N-dealkylation sites (N-methyl/N-ethyl adjacent to an activating group) is 1. The monoisotopic (exact) mass is 288 g/mol. The van der Waals surface area contributed by atoms with E-state index >= 15 is 0 Å². The molecule has 0 saturated carbocycles. The Morgan fingerprint density at radius 3 is 2.35 bits per heavy atom. The minimum Gasteiger partial charge on any atom is -0.308 e. The summed E-state index contributed by atoms with van der Waals surface area (Å²) in [4.78, 5) is 3.67. The molecule has 0 saturated heterocycles. The van der Waals surface area contributed by atoms with Gasteiger partial charge >= 0.3 is 0 Å². The second-order valence-electron chi connectivity index (χ2n) is 5.37. The average molecular weight is 288 g/mol. The normalized spacial score (nSPS) is 14.4. The van der Waals surface area contributed by atoms with Crippen LogP contribution in [0.25, 0.3) is 0 Å². The van der Waals surface area contributed by atoms with E-state index in [2.05, 4.69) is 79.1 Å². The van der Waals surface area contributed by atoms with Crippen LogP contribution in [0, 0.1) is 0 Å². The maximum Gasteiger partial charge on any atom is 0.0454 e. The second kappa shape index (κ2) is 7.58. The Labute approximate surface area is 126 Å². The molecule has 0 spiro atoms. The minimum absolute atomic E-state index is 0.359. The summed E-state index contributed by atoms with van der Waals surface area (Å²) < 4.78 is 0. The maximum absolute atomic E-state index is 3.82. The van der Waals surface area contributed by atoms with Crippen molar-refractivity contribution in [2.45, 2.75) is 25.4 Å². The summed E-state index contributed by atoms with van der Waals surface area (Å²) in [7, 11) is 4.26. The molecule has 0 fully saturated rings. The van der Waals surface area contributed by atoms with E-state index in [9.17, 15) is 0 Å². The smallest absolute Gasteiger partial charge is 0.0454 e. The van der Waals surface area contributed by atoms with Gasteiger partial charge in [-0.3, -0.25) is 0 Å². The lowest BCUT2D eigenvalue weighted by Gasteiger charge is -2.27. The molecule has 108 valence electrons. The molecule has 0 aliphatic rings. The summed E-state index contributed by atoms with van der Waals surface area (Å²) in [6, 6.07) is 15.9. The summed E-state index contributed by atoms with van der Waals surface area (Å²) in [6.45, 7) is 3.25. The zero-order valence-electron chi connectivity index (χ0n) is 12.5. The molecular formula is C17H24N2S. The van der Waals surface area contributed by atoms with E-state index in [1.807, 2.05) is 11.3 Å². The number of hydrogen-bond acceptors (Lipinski definition) is 3. The van der Waals surface area contributed by atoms with Crippen LogP contribution in [0.4, 0.5) is 0 Å². The quantitative estimate of drug-likeness (QED) is 0.825. The molecule has 1 N–H and O–H groups in total. The van der Waals surface area contributed by atoms with Crippen LogP contribution in [-0.2, 0) is 0 Å². The van der Waals surface area contributed by atoms with Crippen LogP contribution >= 0.6 is 11.3 Å². The average Bonchev–Trinajstić information content (AvgIpc) is 2.98. The summed E-state index contributed by atoms with van der Waals surface area (Å²) in [5, 5.41) is 5.98. The molecule has 2 atom stereocenters. The third kappa shape index (κ3) is 4.17. The van der Waals surface area contributed by atoms with Crippen molar-refractivity contribution in [2.75, 3.05) is 20.6 Å². The summed E-state index contributed by atoms with van der Waals surface area (Å²) >= 11 is 1.84. The van der Waals surface area contributed by atoms with Gasteiger partial charge in [-0.1, -0.05) is 43.3 Å². The molecule has 1 aromatic heterocycles. The van der Waals surface area contributed by atoms with E-state index in [1.54, 1.807) is 0 Å². The van der Waals surface area contributed by atoms with Crippen molar-refractivity contribution in [2.24, 2.45) is 0 Å². The SMILES string of the molecule is CCC(NC(CN(C)C)c1ccccc1)c1cccs1.